The standard InChI is InChI=1S/C10H11N3O2S/c14-10(12-15)7-8-1-3-9(4-2-8)13-11-5-6-16-13/h1-6,11,15H,7H2,(H,12,14). The van der Waals surface area contributed by atoms with Crippen LogP contribution in [0.15, 0.2) is 35.9 Å². The Morgan fingerprint density at radius 3 is 2.75 bits per heavy atom. The van der Waals surface area contributed by atoms with Gasteiger partial charge in [-0.2, -0.15) is 0 Å². The summed E-state index contributed by atoms with van der Waals surface area (Å²) >= 11 is 1.54. The molecule has 6 heteroatoms. The number of nitrogens with one attached hydrogen (secondary N) is 2. The molecule has 0 spiro atoms. The molecule has 1 heterocycles. The summed E-state index contributed by atoms with van der Waals surface area (Å²) in [6.45, 7) is 0. The molecule has 0 saturated carbocycles. The summed E-state index contributed by atoms with van der Waals surface area (Å²) in [6, 6.07) is 7.52. The van der Waals surface area contributed by atoms with E-state index in [2.05, 4.69) is 5.43 Å². The second-order valence-electron chi connectivity index (χ2n) is 3.21. The van der Waals surface area contributed by atoms with E-state index >= 15 is 0 Å². The number of rotatable bonds is 3. The lowest BCUT2D eigenvalue weighted by atomic mass is 10.1. The first-order chi connectivity index (χ1) is 7.79. The number of benzene rings is 1. The molecule has 0 aliphatic carbocycles. The van der Waals surface area contributed by atoms with Crippen LogP contribution in [-0.4, -0.2) is 11.1 Å². The molecule has 0 saturated heterocycles. The highest BCUT2D eigenvalue weighted by atomic mass is 32.2. The van der Waals surface area contributed by atoms with E-state index in [4.69, 9.17) is 5.21 Å². The largest absolute Gasteiger partial charge is 0.295 e. The second kappa shape index (κ2) is 4.91. The van der Waals surface area contributed by atoms with Crippen LogP contribution >= 0.6 is 11.9 Å². The summed E-state index contributed by atoms with van der Waals surface area (Å²) in [5.41, 5.74) is 6.51. The van der Waals surface area contributed by atoms with Gasteiger partial charge in [0.15, 0.2) is 0 Å². The summed E-state index contributed by atoms with van der Waals surface area (Å²) in [6.07, 6.45) is 2.02. The van der Waals surface area contributed by atoms with Crippen molar-refractivity contribution in [2.75, 3.05) is 4.41 Å². The van der Waals surface area contributed by atoms with Gasteiger partial charge in [0.1, 0.15) is 0 Å². The van der Waals surface area contributed by atoms with Crippen LogP contribution in [0.1, 0.15) is 5.56 Å². The summed E-state index contributed by atoms with van der Waals surface area (Å²) in [4.78, 5) is 10.9. The predicted octanol–water partition coefficient (Wildman–Crippen LogP) is 1.18. The number of hydrazine groups is 1. The maximum absolute atomic E-state index is 10.9. The van der Waals surface area contributed by atoms with E-state index in [1.807, 2.05) is 40.3 Å². The van der Waals surface area contributed by atoms with Gasteiger partial charge in [0.2, 0.25) is 5.91 Å². The van der Waals surface area contributed by atoms with Crippen LogP contribution < -0.4 is 15.3 Å². The van der Waals surface area contributed by atoms with Crippen molar-refractivity contribution in [2.24, 2.45) is 0 Å². The molecule has 0 fully saturated rings. The van der Waals surface area contributed by atoms with E-state index in [1.165, 1.54) is 0 Å². The van der Waals surface area contributed by atoms with Gasteiger partial charge in [-0.05, 0) is 17.7 Å². The Morgan fingerprint density at radius 1 is 1.44 bits per heavy atom. The summed E-state index contributed by atoms with van der Waals surface area (Å²) < 4.78 is 1.90. The van der Waals surface area contributed by atoms with Crippen molar-refractivity contribution in [1.82, 2.24) is 10.9 Å². The maximum Gasteiger partial charge on any atom is 0.247 e. The van der Waals surface area contributed by atoms with Crippen molar-refractivity contribution in [3.05, 3.63) is 41.4 Å². The molecule has 1 aromatic carbocycles. The van der Waals surface area contributed by atoms with Crippen LogP contribution in [0.4, 0.5) is 5.69 Å². The topological polar surface area (TPSA) is 64.6 Å². The molecule has 0 aromatic heterocycles. The Labute approximate surface area is 97.2 Å². The van der Waals surface area contributed by atoms with E-state index < -0.39 is 5.91 Å². The minimum Gasteiger partial charge on any atom is -0.295 e. The lowest BCUT2D eigenvalue weighted by Gasteiger charge is -2.16. The first kappa shape index (κ1) is 10.8. The molecule has 5 nitrogen and oxygen atoms in total. The molecule has 84 valence electrons. The van der Waals surface area contributed by atoms with Gasteiger partial charge in [-0.3, -0.25) is 15.4 Å². The number of hydrogen-bond donors (Lipinski definition) is 3. The van der Waals surface area contributed by atoms with Crippen LogP contribution in [0.3, 0.4) is 0 Å². The molecule has 1 amide bonds. The highest BCUT2D eigenvalue weighted by Gasteiger charge is 2.08. The van der Waals surface area contributed by atoms with Crippen LogP contribution in [0.2, 0.25) is 0 Å². The number of anilines is 1. The summed E-state index contributed by atoms with van der Waals surface area (Å²) in [5, 5.41) is 10.3. The molecule has 0 radical (unpaired) electrons. The molecule has 0 bridgehead atoms. The molecule has 0 unspecified atom stereocenters. The fourth-order valence-corrected chi connectivity index (χ4v) is 1.94. The predicted molar refractivity (Wildman–Crippen MR) is 62.4 cm³/mol. The van der Waals surface area contributed by atoms with E-state index in [0.29, 0.717) is 0 Å². The van der Waals surface area contributed by atoms with Crippen molar-refractivity contribution < 1.29 is 10.0 Å². The highest BCUT2D eigenvalue weighted by Crippen LogP contribution is 2.24. The molecular weight excluding hydrogens is 226 g/mol. The van der Waals surface area contributed by atoms with E-state index in [9.17, 15) is 4.79 Å². The number of carbonyl (C=O) groups is 1. The fourth-order valence-electron chi connectivity index (χ4n) is 1.33. The monoisotopic (exact) mass is 237 g/mol. The minimum atomic E-state index is -0.414. The van der Waals surface area contributed by atoms with Crippen LogP contribution in [0.5, 0.6) is 0 Å². The zero-order valence-electron chi connectivity index (χ0n) is 8.38. The average molecular weight is 237 g/mol. The van der Waals surface area contributed by atoms with E-state index in [1.54, 1.807) is 17.4 Å². The van der Waals surface area contributed by atoms with E-state index in [-0.39, 0.29) is 6.42 Å². The normalized spacial score (nSPS) is 13.7. The van der Waals surface area contributed by atoms with Gasteiger partial charge in [0, 0.05) is 23.6 Å². The molecule has 16 heavy (non-hydrogen) atoms. The van der Waals surface area contributed by atoms with Gasteiger partial charge in [0.05, 0.1) is 12.1 Å². The number of hydroxylamine groups is 1. The van der Waals surface area contributed by atoms with Gasteiger partial charge in [-0.15, -0.1) is 0 Å². The third kappa shape index (κ3) is 2.47. The van der Waals surface area contributed by atoms with Gasteiger partial charge < -0.3 is 0 Å². The summed E-state index contributed by atoms with van der Waals surface area (Å²) in [7, 11) is 0. The average Bonchev–Trinajstić information content (AvgIpc) is 2.83. The molecule has 0 atom stereocenters. The zero-order chi connectivity index (χ0) is 11.4. The highest BCUT2D eigenvalue weighted by molar-refractivity contribution is 8.03. The Hall–Kier alpha value is -1.66. The number of hydrogen-bond acceptors (Lipinski definition) is 5. The molecule has 3 N–H and O–H groups in total. The van der Waals surface area contributed by atoms with E-state index in [0.717, 1.165) is 11.3 Å². The van der Waals surface area contributed by atoms with Crippen molar-refractivity contribution in [3.63, 3.8) is 0 Å². The number of nitrogens with zero attached hydrogens (tertiary/aromatic N) is 1. The Balaban J connectivity index is 2.01. The van der Waals surface area contributed by atoms with Gasteiger partial charge in [-0.1, -0.05) is 12.1 Å². The number of amides is 1. The molecule has 1 aliphatic heterocycles. The molecular formula is C10H11N3O2S. The molecule has 1 aromatic rings. The van der Waals surface area contributed by atoms with Crippen LogP contribution in [-0.2, 0) is 11.2 Å². The Morgan fingerprint density at radius 2 is 2.19 bits per heavy atom. The van der Waals surface area contributed by atoms with Crippen molar-refractivity contribution in [3.8, 4) is 0 Å². The fraction of sp³-hybridized carbons (Fsp3) is 0.100. The third-order valence-corrected chi connectivity index (χ3v) is 2.87. The molecule has 2 rings (SSSR count). The number of carbonyl (C=O) groups excluding carboxylic acids is 1. The Kier molecular flexibility index (Phi) is 3.33. The Bertz CT molecular complexity index is 397. The van der Waals surface area contributed by atoms with Crippen LogP contribution in [0.25, 0.3) is 0 Å². The lowest BCUT2D eigenvalue weighted by molar-refractivity contribution is -0.128. The van der Waals surface area contributed by atoms with Gasteiger partial charge in [-0.25, -0.2) is 9.89 Å². The SMILES string of the molecule is O=C(Cc1ccc(N2NC=CS2)cc1)NO. The van der Waals surface area contributed by atoms with Crippen molar-refractivity contribution in [1.29, 1.82) is 0 Å². The first-order valence-corrected chi connectivity index (χ1v) is 5.53. The maximum atomic E-state index is 10.9. The van der Waals surface area contributed by atoms with Gasteiger partial charge in [0.25, 0.3) is 0 Å². The minimum absolute atomic E-state index is 0.176. The third-order valence-electron chi connectivity index (χ3n) is 2.09. The van der Waals surface area contributed by atoms with Gasteiger partial charge >= 0.3 is 0 Å². The second-order valence-corrected chi connectivity index (χ2v) is 4.06. The van der Waals surface area contributed by atoms with Crippen molar-refractivity contribution in [2.45, 2.75) is 6.42 Å². The first-order valence-electron chi connectivity index (χ1n) is 4.69. The van der Waals surface area contributed by atoms with Crippen molar-refractivity contribution >= 4 is 23.5 Å². The smallest absolute Gasteiger partial charge is 0.247 e. The summed E-state index contributed by atoms with van der Waals surface area (Å²) in [5.74, 6) is -0.414. The van der Waals surface area contributed by atoms with Crippen LogP contribution in [0, 0.1) is 0 Å². The quantitative estimate of drug-likeness (QED) is 0.418. The zero-order valence-corrected chi connectivity index (χ0v) is 9.20. The molecule has 1 aliphatic rings. The lowest BCUT2D eigenvalue weighted by Crippen LogP contribution is -2.22.